The third kappa shape index (κ3) is 7.78. The Labute approximate surface area is 79.8 Å². The molecule has 0 aromatic rings. The second-order valence-corrected chi connectivity index (χ2v) is 5.11. The lowest BCUT2D eigenvalue weighted by molar-refractivity contribution is 0.526. The van der Waals surface area contributed by atoms with E-state index in [1.807, 2.05) is 0 Å². The molecule has 0 aliphatic carbocycles. The number of sulfone groups is 1. The summed E-state index contributed by atoms with van der Waals surface area (Å²) in [6.07, 6.45) is 2.52. The molecule has 13 heavy (non-hydrogen) atoms. The third-order valence-corrected chi connectivity index (χ3v) is 2.54. The summed E-state index contributed by atoms with van der Waals surface area (Å²) in [5.74, 6) is 10.9. The lowest BCUT2D eigenvalue weighted by Gasteiger charge is -2.12. The summed E-state index contributed by atoms with van der Waals surface area (Å²) in [5.41, 5.74) is 2.47. The molecule has 0 aliphatic rings. The number of hydrogen-bond donors (Lipinski definition) is 2. The van der Waals surface area contributed by atoms with Crippen molar-refractivity contribution in [2.75, 3.05) is 12.0 Å². The average Bonchev–Trinajstić information content (AvgIpc) is 2.01. The van der Waals surface area contributed by atoms with Crippen LogP contribution in [0.5, 0.6) is 0 Å². The Hall–Kier alpha value is -0.570. The molecular weight excluding hydrogens is 188 g/mol. The Morgan fingerprint density at radius 1 is 1.54 bits per heavy atom. The molecule has 76 valence electrons. The minimum Gasteiger partial charge on any atom is -0.271 e. The Balaban J connectivity index is 3.95. The van der Waals surface area contributed by atoms with Gasteiger partial charge in [-0.2, -0.15) is 0 Å². The quantitative estimate of drug-likeness (QED) is 0.365. The van der Waals surface area contributed by atoms with Gasteiger partial charge in [0.25, 0.3) is 0 Å². The molecule has 0 saturated carbocycles. The number of nitrogens with two attached hydrogens (primary N) is 1. The van der Waals surface area contributed by atoms with Crippen molar-refractivity contribution in [3.05, 3.63) is 0 Å². The highest BCUT2D eigenvalue weighted by Crippen LogP contribution is 1.98. The van der Waals surface area contributed by atoms with Crippen LogP contribution in [0, 0.1) is 11.8 Å². The van der Waals surface area contributed by atoms with Gasteiger partial charge in [-0.05, 0) is 13.3 Å². The van der Waals surface area contributed by atoms with E-state index in [1.54, 1.807) is 6.92 Å². The standard InChI is InChI=1S/C8H16N2O2S/c1-3-4-5-6-8(10-9)7-13(2,11)12/h8,10H,5-7,9H2,1-2H3. The summed E-state index contributed by atoms with van der Waals surface area (Å²) in [4.78, 5) is 0. The first-order valence-corrected chi connectivity index (χ1v) is 6.09. The van der Waals surface area contributed by atoms with Crippen LogP contribution >= 0.6 is 0 Å². The van der Waals surface area contributed by atoms with Crippen LogP contribution in [0.15, 0.2) is 0 Å². The van der Waals surface area contributed by atoms with Crippen LogP contribution in [0.2, 0.25) is 0 Å². The molecule has 0 aliphatic heterocycles. The first-order chi connectivity index (χ1) is 5.99. The van der Waals surface area contributed by atoms with E-state index < -0.39 is 9.84 Å². The number of nitrogens with one attached hydrogen (secondary N) is 1. The highest BCUT2D eigenvalue weighted by atomic mass is 32.2. The summed E-state index contributed by atoms with van der Waals surface area (Å²) in [6, 6.07) is -0.198. The molecule has 0 aromatic carbocycles. The van der Waals surface area contributed by atoms with Gasteiger partial charge >= 0.3 is 0 Å². The van der Waals surface area contributed by atoms with Crippen molar-refractivity contribution >= 4 is 9.84 Å². The Kier molecular flexibility index (Phi) is 5.71. The largest absolute Gasteiger partial charge is 0.271 e. The van der Waals surface area contributed by atoms with Crippen LogP contribution in [-0.2, 0) is 9.84 Å². The highest BCUT2D eigenvalue weighted by molar-refractivity contribution is 7.90. The summed E-state index contributed by atoms with van der Waals surface area (Å²) in [5, 5.41) is 0. The lowest BCUT2D eigenvalue weighted by atomic mass is 10.2. The van der Waals surface area contributed by atoms with E-state index in [4.69, 9.17) is 5.84 Å². The molecule has 0 aromatic heterocycles. The lowest BCUT2D eigenvalue weighted by Crippen LogP contribution is -2.40. The second kappa shape index (κ2) is 5.97. The maximum absolute atomic E-state index is 10.9. The van der Waals surface area contributed by atoms with Gasteiger partial charge in [0.05, 0.1) is 5.75 Å². The smallest absolute Gasteiger partial charge is 0.149 e. The molecule has 0 saturated heterocycles. The fraction of sp³-hybridized carbons (Fsp3) is 0.750. The second-order valence-electron chi connectivity index (χ2n) is 2.92. The van der Waals surface area contributed by atoms with Gasteiger partial charge < -0.3 is 0 Å². The minimum absolute atomic E-state index is 0.0644. The van der Waals surface area contributed by atoms with Gasteiger partial charge in [0.15, 0.2) is 0 Å². The predicted octanol–water partition coefficient (Wildman–Crippen LogP) is -0.334. The van der Waals surface area contributed by atoms with E-state index in [0.29, 0.717) is 12.8 Å². The summed E-state index contributed by atoms with van der Waals surface area (Å²) < 4.78 is 21.8. The average molecular weight is 204 g/mol. The normalized spacial score (nSPS) is 13.2. The molecule has 0 amide bonds. The first kappa shape index (κ1) is 12.4. The van der Waals surface area contributed by atoms with E-state index in [-0.39, 0.29) is 11.8 Å². The van der Waals surface area contributed by atoms with Crippen LogP contribution in [-0.4, -0.2) is 26.5 Å². The van der Waals surface area contributed by atoms with Crippen molar-refractivity contribution in [2.24, 2.45) is 5.84 Å². The zero-order valence-corrected chi connectivity index (χ0v) is 8.82. The molecule has 0 heterocycles. The van der Waals surface area contributed by atoms with Crippen LogP contribution in [0.1, 0.15) is 19.8 Å². The van der Waals surface area contributed by atoms with Gasteiger partial charge in [-0.1, -0.05) is 0 Å². The Morgan fingerprint density at radius 2 is 2.15 bits per heavy atom. The first-order valence-electron chi connectivity index (χ1n) is 4.03. The molecule has 0 bridgehead atoms. The maximum atomic E-state index is 10.9. The van der Waals surface area contributed by atoms with Gasteiger partial charge in [-0.25, -0.2) is 8.42 Å². The van der Waals surface area contributed by atoms with E-state index in [0.717, 1.165) is 0 Å². The summed E-state index contributed by atoms with van der Waals surface area (Å²) in [7, 11) is -2.96. The predicted molar refractivity (Wildman–Crippen MR) is 53.5 cm³/mol. The topological polar surface area (TPSA) is 72.2 Å². The monoisotopic (exact) mass is 204 g/mol. The zero-order chi connectivity index (χ0) is 10.3. The molecule has 0 rings (SSSR count). The molecule has 0 radical (unpaired) electrons. The van der Waals surface area contributed by atoms with Gasteiger partial charge in [0.1, 0.15) is 9.84 Å². The SMILES string of the molecule is CC#CCCC(CS(C)(=O)=O)NN. The summed E-state index contributed by atoms with van der Waals surface area (Å²) >= 11 is 0. The Bertz CT molecular complexity index is 287. The van der Waals surface area contributed by atoms with Crippen LogP contribution < -0.4 is 11.3 Å². The maximum Gasteiger partial charge on any atom is 0.149 e. The van der Waals surface area contributed by atoms with Crippen molar-refractivity contribution < 1.29 is 8.42 Å². The van der Waals surface area contributed by atoms with E-state index in [9.17, 15) is 8.42 Å². The van der Waals surface area contributed by atoms with E-state index in [1.165, 1.54) is 6.26 Å². The van der Waals surface area contributed by atoms with Crippen molar-refractivity contribution in [3.8, 4) is 11.8 Å². The Morgan fingerprint density at radius 3 is 2.54 bits per heavy atom. The van der Waals surface area contributed by atoms with E-state index in [2.05, 4.69) is 17.3 Å². The van der Waals surface area contributed by atoms with Gasteiger partial charge in [0, 0.05) is 18.7 Å². The molecule has 4 nitrogen and oxygen atoms in total. The molecule has 0 spiro atoms. The molecule has 0 fully saturated rings. The van der Waals surface area contributed by atoms with Gasteiger partial charge in [-0.15, -0.1) is 11.8 Å². The van der Waals surface area contributed by atoms with Crippen molar-refractivity contribution in [1.82, 2.24) is 5.43 Å². The molecular formula is C8H16N2O2S. The molecule has 3 N–H and O–H groups in total. The number of hydrogen-bond acceptors (Lipinski definition) is 4. The van der Waals surface area contributed by atoms with E-state index >= 15 is 0 Å². The van der Waals surface area contributed by atoms with Crippen molar-refractivity contribution in [2.45, 2.75) is 25.8 Å². The molecule has 5 heteroatoms. The fourth-order valence-electron chi connectivity index (χ4n) is 0.952. The molecule has 1 unspecified atom stereocenters. The van der Waals surface area contributed by atoms with Crippen LogP contribution in [0.4, 0.5) is 0 Å². The highest BCUT2D eigenvalue weighted by Gasteiger charge is 2.12. The number of hydrazine groups is 1. The van der Waals surface area contributed by atoms with Crippen molar-refractivity contribution in [1.29, 1.82) is 0 Å². The minimum atomic E-state index is -2.96. The molecule has 1 atom stereocenters. The number of rotatable bonds is 5. The third-order valence-electron chi connectivity index (χ3n) is 1.53. The van der Waals surface area contributed by atoms with Gasteiger partial charge in [-0.3, -0.25) is 11.3 Å². The van der Waals surface area contributed by atoms with Crippen LogP contribution in [0.25, 0.3) is 0 Å². The van der Waals surface area contributed by atoms with Gasteiger partial charge in [0.2, 0.25) is 0 Å². The summed E-state index contributed by atoms with van der Waals surface area (Å²) in [6.45, 7) is 1.75. The fourth-order valence-corrected chi connectivity index (χ4v) is 1.95. The van der Waals surface area contributed by atoms with Crippen molar-refractivity contribution in [3.63, 3.8) is 0 Å². The zero-order valence-electron chi connectivity index (χ0n) is 8.00. The van der Waals surface area contributed by atoms with Crippen LogP contribution in [0.3, 0.4) is 0 Å².